The lowest BCUT2D eigenvalue weighted by Crippen LogP contribution is -2.32. The SMILES string of the molecule is Cc1c(C2(C(C)N)CC2)cc(Cl)c2c1CCCO2. The van der Waals surface area contributed by atoms with Gasteiger partial charge in [0.25, 0.3) is 0 Å². The third kappa shape index (κ3) is 1.66. The zero-order valence-electron chi connectivity index (χ0n) is 11.1. The molecule has 0 bridgehead atoms. The second-order valence-electron chi connectivity index (χ2n) is 5.74. The smallest absolute Gasteiger partial charge is 0.141 e. The molecular weight excluding hydrogens is 246 g/mol. The van der Waals surface area contributed by atoms with Crippen LogP contribution in [0.5, 0.6) is 5.75 Å². The van der Waals surface area contributed by atoms with E-state index in [2.05, 4.69) is 19.9 Å². The predicted octanol–water partition coefficient (Wildman–Crippen LogP) is 3.35. The number of ether oxygens (including phenoxy) is 1. The Hall–Kier alpha value is -0.730. The highest BCUT2D eigenvalue weighted by molar-refractivity contribution is 6.32. The van der Waals surface area contributed by atoms with E-state index >= 15 is 0 Å². The zero-order valence-corrected chi connectivity index (χ0v) is 11.8. The van der Waals surface area contributed by atoms with E-state index in [-0.39, 0.29) is 11.5 Å². The Bertz CT molecular complexity index is 492. The van der Waals surface area contributed by atoms with Gasteiger partial charge in [-0.3, -0.25) is 0 Å². The predicted molar refractivity (Wildman–Crippen MR) is 74.6 cm³/mol. The van der Waals surface area contributed by atoms with Crippen molar-refractivity contribution in [2.45, 2.75) is 51.0 Å². The molecule has 2 N–H and O–H groups in total. The zero-order chi connectivity index (χ0) is 12.9. The molecular formula is C15H20ClNO. The molecule has 0 amide bonds. The Morgan fingerprint density at radius 3 is 2.78 bits per heavy atom. The number of nitrogens with two attached hydrogens (primary N) is 1. The van der Waals surface area contributed by atoms with Crippen LogP contribution in [0.1, 0.15) is 42.9 Å². The summed E-state index contributed by atoms with van der Waals surface area (Å²) in [6.45, 7) is 5.09. The van der Waals surface area contributed by atoms with Crippen LogP contribution >= 0.6 is 11.6 Å². The number of rotatable bonds is 2. The summed E-state index contributed by atoms with van der Waals surface area (Å²) in [5.74, 6) is 0.907. The summed E-state index contributed by atoms with van der Waals surface area (Å²) in [5, 5.41) is 0.761. The van der Waals surface area contributed by atoms with Crippen molar-refractivity contribution in [3.05, 3.63) is 27.8 Å². The van der Waals surface area contributed by atoms with Gasteiger partial charge in [0.15, 0.2) is 0 Å². The third-order valence-electron chi connectivity index (χ3n) is 4.63. The molecule has 1 atom stereocenters. The summed E-state index contributed by atoms with van der Waals surface area (Å²) >= 11 is 6.39. The van der Waals surface area contributed by atoms with Gasteiger partial charge >= 0.3 is 0 Å². The highest BCUT2D eigenvalue weighted by Gasteiger charge is 2.48. The van der Waals surface area contributed by atoms with Crippen molar-refractivity contribution in [2.75, 3.05) is 6.61 Å². The van der Waals surface area contributed by atoms with Gasteiger partial charge in [0, 0.05) is 11.5 Å². The van der Waals surface area contributed by atoms with Gasteiger partial charge in [-0.1, -0.05) is 11.6 Å². The number of halogens is 1. The van der Waals surface area contributed by atoms with Crippen LogP contribution in [0.25, 0.3) is 0 Å². The fourth-order valence-corrected chi connectivity index (χ4v) is 3.56. The molecule has 0 spiro atoms. The van der Waals surface area contributed by atoms with Crippen molar-refractivity contribution in [3.63, 3.8) is 0 Å². The maximum Gasteiger partial charge on any atom is 0.141 e. The topological polar surface area (TPSA) is 35.2 Å². The molecule has 0 aromatic heterocycles. The van der Waals surface area contributed by atoms with Gasteiger partial charge in [0.05, 0.1) is 11.6 Å². The van der Waals surface area contributed by atoms with E-state index in [1.54, 1.807) is 0 Å². The lowest BCUT2D eigenvalue weighted by atomic mass is 9.83. The number of hydrogen-bond acceptors (Lipinski definition) is 2. The molecule has 2 nitrogen and oxygen atoms in total. The Kier molecular flexibility index (Phi) is 2.83. The molecule has 98 valence electrons. The first-order valence-corrected chi connectivity index (χ1v) is 7.15. The molecule has 1 unspecified atom stereocenters. The van der Waals surface area contributed by atoms with Crippen LogP contribution in [0.3, 0.4) is 0 Å². The lowest BCUT2D eigenvalue weighted by Gasteiger charge is -2.28. The van der Waals surface area contributed by atoms with Gasteiger partial charge in [-0.2, -0.15) is 0 Å². The van der Waals surface area contributed by atoms with E-state index < -0.39 is 0 Å². The second-order valence-corrected chi connectivity index (χ2v) is 6.14. The molecule has 1 aliphatic heterocycles. The molecule has 1 aromatic carbocycles. The summed E-state index contributed by atoms with van der Waals surface area (Å²) in [5.41, 5.74) is 10.4. The third-order valence-corrected chi connectivity index (χ3v) is 4.91. The maximum atomic E-state index is 6.39. The molecule has 1 saturated carbocycles. The van der Waals surface area contributed by atoms with E-state index in [4.69, 9.17) is 22.1 Å². The Labute approximate surface area is 113 Å². The lowest BCUT2D eigenvalue weighted by molar-refractivity contribution is 0.287. The first-order chi connectivity index (χ1) is 8.56. The van der Waals surface area contributed by atoms with Crippen LogP contribution in [-0.4, -0.2) is 12.6 Å². The van der Waals surface area contributed by atoms with Gasteiger partial charge in [-0.25, -0.2) is 0 Å². The normalized spacial score (nSPS) is 22.0. The fraction of sp³-hybridized carbons (Fsp3) is 0.600. The quantitative estimate of drug-likeness (QED) is 0.890. The molecule has 1 aliphatic carbocycles. The van der Waals surface area contributed by atoms with Gasteiger partial charge in [-0.05, 0) is 62.3 Å². The summed E-state index contributed by atoms with van der Waals surface area (Å²) in [6.07, 6.45) is 4.52. The average molecular weight is 266 g/mol. The Morgan fingerprint density at radius 2 is 2.17 bits per heavy atom. The van der Waals surface area contributed by atoms with Crippen LogP contribution in [0.2, 0.25) is 5.02 Å². The number of hydrogen-bond donors (Lipinski definition) is 1. The van der Waals surface area contributed by atoms with Crippen LogP contribution < -0.4 is 10.5 Å². The van der Waals surface area contributed by atoms with Gasteiger partial charge < -0.3 is 10.5 Å². The monoisotopic (exact) mass is 265 g/mol. The van der Waals surface area contributed by atoms with Crippen LogP contribution in [0.4, 0.5) is 0 Å². The molecule has 1 aromatic rings. The summed E-state index contributed by atoms with van der Waals surface area (Å²) in [6, 6.07) is 2.28. The minimum Gasteiger partial charge on any atom is -0.492 e. The molecule has 1 fully saturated rings. The first kappa shape index (κ1) is 12.3. The highest BCUT2D eigenvalue weighted by Crippen LogP contribution is 2.53. The highest BCUT2D eigenvalue weighted by atomic mass is 35.5. The molecule has 2 aliphatic rings. The van der Waals surface area contributed by atoms with E-state index in [9.17, 15) is 0 Å². The van der Waals surface area contributed by atoms with Crippen molar-refractivity contribution >= 4 is 11.6 Å². The van der Waals surface area contributed by atoms with Crippen molar-refractivity contribution in [1.82, 2.24) is 0 Å². The number of fused-ring (bicyclic) bond motifs is 1. The molecule has 3 rings (SSSR count). The summed E-state index contributed by atoms with van der Waals surface area (Å²) in [4.78, 5) is 0. The van der Waals surface area contributed by atoms with Crippen LogP contribution in [-0.2, 0) is 11.8 Å². The molecule has 18 heavy (non-hydrogen) atoms. The second kappa shape index (κ2) is 4.14. The summed E-state index contributed by atoms with van der Waals surface area (Å²) < 4.78 is 5.72. The van der Waals surface area contributed by atoms with E-state index in [0.29, 0.717) is 0 Å². The Balaban J connectivity index is 2.15. The van der Waals surface area contributed by atoms with E-state index in [0.717, 1.165) is 30.2 Å². The fourth-order valence-electron chi connectivity index (χ4n) is 3.28. The minimum atomic E-state index is 0.167. The van der Waals surface area contributed by atoms with Crippen molar-refractivity contribution in [2.24, 2.45) is 5.73 Å². The van der Waals surface area contributed by atoms with Crippen molar-refractivity contribution < 1.29 is 4.74 Å². The van der Waals surface area contributed by atoms with Gasteiger partial charge in [0.2, 0.25) is 0 Å². The van der Waals surface area contributed by atoms with Crippen molar-refractivity contribution in [3.8, 4) is 5.75 Å². The van der Waals surface area contributed by atoms with Gasteiger partial charge in [0.1, 0.15) is 5.75 Å². The van der Waals surface area contributed by atoms with Crippen molar-refractivity contribution in [1.29, 1.82) is 0 Å². The molecule has 1 heterocycles. The van der Waals surface area contributed by atoms with E-state index in [1.165, 1.54) is 29.5 Å². The standard InChI is InChI=1S/C15H20ClNO/c1-9-11-4-3-7-18-14(11)13(16)8-12(9)15(5-6-15)10(2)17/h8,10H,3-7,17H2,1-2H3. The number of benzene rings is 1. The molecule has 0 saturated heterocycles. The van der Waals surface area contributed by atoms with Gasteiger partial charge in [-0.15, -0.1) is 0 Å². The maximum absolute atomic E-state index is 6.39. The van der Waals surface area contributed by atoms with E-state index in [1.807, 2.05) is 0 Å². The Morgan fingerprint density at radius 1 is 1.44 bits per heavy atom. The first-order valence-electron chi connectivity index (χ1n) is 6.77. The largest absolute Gasteiger partial charge is 0.492 e. The van der Waals surface area contributed by atoms with Crippen LogP contribution in [0, 0.1) is 6.92 Å². The molecule has 3 heteroatoms. The molecule has 0 radical (unpaired) electrons. The average Bonchev–Trinajstić information content (AvgIpc) is 3.15. The van der Waals surface area contributed by atoms with Crippen LogP contribution in [0.15, 0.2) is 6.07 Å². The summed E-state index contributed by atoms with van der Waals surface area (Å²) in [7, 11) is 0. The minimum absolute atomic E-state index is 0.167.